The first-order valence-corrected chi connectivity index (χ1v) is 6.89. The first-order valence-electron chi connectivity index (χ1n) is 6.89. The lowest BCUT2D eigenvalue weighted by molar-refractivity contribution is 0.252. The number of amides is 2. The van der Waals surface area contributed by atoms with Crippen LogP contribution in [0.2, 0.25) is 0 Å². The monoisotopic (exact) mass is 268 g/mol. The van der Waals surface area contributed by atoms with Gasteiger partial charge in [-0.1, -0.05) is 48.0 Å². The molecule has 20 heavy (non-hydrogen) atoms. The van der Waals surface area contributed by atoms with Gasteiger partial charge in [0, 0.05) is 12.2 Å². The molecule has 104 valence electrons. The lowest BCUT2D eigenvalue weighted by Crippen LogP contribution is -2.29. The van der Waals surface area contributed by atoms with Crippen molar-refractivity contribution in [1.29, 1.82) is 0 Å². The molecule has 0 saturated carbocycles. The second kappa shape index (κ2) is 7.34. The van der Waals surface area contributed by atoms with Crippen LogP contribution in [0.15, 0.2) is 54.6 Å². The van der Waals surface area contributed by atoms with E-state index in [9.17, 15) is 4.79 Å². The molecule has 0 atom stereocenters. The lowest BCUT2D eigenvalue weighted by Gasteiger charge is -2.07. The van der Waals surface area contributed by atoms with Crippen molar-refractivity contribution in [2.75, 3.05) is 11.9 Å². The second-order valence-corrected chi connectivity index (χ2v) is 4.84. The number of carbonyl (C=O) groups is 1. The normalized spacial score (nSPS) is 10.1. The number of carbonyl (C=O) groups excluding carboxylic acids is 1. The zero-order valence-electron chi connectivity index (χ0n) is 11.7. The van der Waals surface area contributed by atoms with Gasteiger partial charge in [0.05, 0.1) is 0 Å². The summed E-state index contributed by atoms with van der Waals surface area (Å²) in [5.41, 5.74) is 3.39. The van der Waals surface area contributed by atoms with Crippen molar-refractivity contribution >= 4 is 11.7 Å². The zero-order valence-corrected chi connectivity index (χ0v) is 11.7. The first kappa shape index (κ1) is 14.1. The van der Waals surface area contributed by atoms with Gasteiger partial charge in [-0.3, -0.25) is 0 Å². The average molecular weight is 268 g/mol. The topological polar surface area (TPSA) is 41.1 Å². The van der Waals surface area contributed by atoms with Crippen molar-refractivity contribution < 1.29 is 4.79 Å². The number of aryl methyl sites for hydroxylation is 2. The van der Waals surface area contributed by atoms with Crippen molar-refractivity contribution in [3.8, 4) is 0 Å². The molecule has 0 aliphatic rings. The van der Waals surface area contributed by atoms with E-state index in [1.807, 2.05) is 30.3 Å². The third-order valence-electron chi connectivity index (χ3n) is 3.08. The van der Waals surface area contributed by atoms with Crippen LogP contribution >= 0.6 is 0 Å². The fourth-order valence-electron chi connectivity index (χ4n) is 1.95. The Morgan fingerprint density at radius 2 is 1.70 bits per heavy atom. The van der Waals surface area contributed by atoms with Crippen LogP contribution in [0.3, 0.4) is 0 Å². The van der Waals surface area contributed by atoms with Gasteiger partial charge in [0.15, 0.2) is 0 Å². The summed E-state index contributed by atoms with van der Waals surface area (Å²) < 4.78 is 0. The zero-order chi connectivity index (χ0) is 14.2. The highest BCUT2D eigenvalue weighted by molar-refractivity contribution is 5.89. The van der Waals surface area contributed by atoms with E-state index in [2.05, 4.69) is 41.8 Å². The van der Waals surface area contributed by atoms with E-state index in [1.54, 1.807) is 0 Å². The highest BCUT2D eigenvalue weighted by atomic mass is 16.2. The molecule has 0 spiro atoms. The minimum Gasteiger partial charge on any atom is -0.338 e. The molecule has 3 nitrogen and oxygen atoms in total. The fourth-order valence-corrected chi connectivity index (χ4v) is 1.95. The Balaban J connectivity index is 1.66. The highest BCUT2D eigenvalue weighted by Gasteiger charge is 2.00. The number of nitrogens with one attached hydrogen (secondary N) is 2. The van der Waals surface area contributed by atoms with Gasteiger partial charge in [0.25, 0.3) is 0 Å². The fraction of sp³-hybridized carbons (Fsp3) is 0.235. The third-order valence-corrected chi connectivity index (χ3v) is 3.08. The highest BCUT2D eigenvalue weighted by Crippen LogP contribution is 2.06. The number of urea groups is 1. The van der Waals surface area contributed by atoms with Gasteiger partial charge in [0.1, 0.15) is 0 Å². The predicted molar refractivity (Wildman–Crippen MR) is 83.0 cm³/mol. The molecule has 0 aliphatic carbocycles. The third kappa shape index (κ3) is 4.76. The lowest BCUT2D eigenvalue weighted by atomic mass is 10.1. The van der Waals surface area contributed by atoms with Crippen LogP contribution < -0.4 is 10.6 Å². The van der Waals surface area contributed by atoms with Crippen molar-refractivity contribution in [1.82, 2.24) is 5.32 Å². The largest absolute Gasteiger partial charge is 0.338 e. The van der Waals surface area contributed by atoms with Gasteiger partial charge in [-0.25, -0.2) is 4.79 Å². The second-order valence-electron chi connectivity index (χ2n) is 4.84. The Hall–Kier alpha value is -2.29. The van der Waals surface area contributed by atoms with Crippen LogP contribution in [0, 0.1) is 6.92 Å². The van der Waals surface area contributed by atoms with Gasteiger partial charge in [-0.2, -0.15) is 0 Å². The van der Waals surface area contributed by atoms with Crippen LogP contribution in [-0.4, -0.2) is 12.6 Å². The summed E-state index contributed by atoms with van der Waals surface area (Å²) >= 11 is 0. The van der Waals surface area contributed by atoms with Crippen molar-refractivity contribution in [3.05, 3.63) is 65.7 Å². The van der Waals surface area contributed by atoms with E-state index in [4.69, 9.17) is 0 Å². The molecule has 2 aromatic rings. The van der Waals surface area contributed by atoms with Gasteiger partial charge >= 0.3 is 6.03 Å². The number of para-hydroxylation sites is 1. The summed E-state index contributed by atoms with van der Waals surface area (Å²) in [6.07, 6.45) is 1.91. The van der Waals surface area contributed by atoms with E-state index in [1.165, 1.54) is 11.1 Å². The first-order chi connectivity index (χ1) is 9.74. The van der Waals surface area contributed by atoms with Crippen molar-refractivity contribution in [3.63, 3.8) is 0 Å². The number of benzene rings is 2. The quantitative estimate of drug-likeness (QED) is 0.797. The molecule has 0 radical (unpaired) electrons. The summed E-state index contributed by atoms with van der Waals surface area (Å²) in [7, 11) is 0. The van der Waals surface area contributed by atoms with Gasteiger partial charge in [0.2, 0.25) is 0 Å². The molecule has 0 saturated heterocycles. The Kier molecular flexibility index (Phi) is 5.18. The molecule has 0 aromatic heterocycles. The Morgan fingerprint density at radius 3 is 2.40 bits per heavy atom. The van der Waals surface area contributed by atoms with Crippen LogP contribution in [-0.2, 0) is 6.42 Å². The van der Waals surface area contributed by atoms with Gasteiger partial charge in [-0.15, -0.1) is 0 Å². The maximum absolute atomic E-state index is 11.6. The van der Waals surface area contributed by atoms with Crippen LogP contribution in [0.4, 0.5) is 10.5 Å². The molecule has 3 heteroatoms. The molecule has 2 rings (SSSR count). The molecule has 0 aliphatic heterocycles. The Labute approximate surface area is 120 Å². The Morgan fingerprint density at radius 1 is 1.00 bits per heavy atom. The molecule has 2 amide bonds. The van der Waals surface area contributed by atoms with Gasteiger partial charge in [-0.05, 0) is 37.5 Å². The minimum atomic E-state index is -0.153. The maximum Gasteiger partial charge on any atom is 0.319 e. The van der Waals surface area contributed by atoms with E-state index in [0.29, 0.717) is 6.54 Å². The SMILES string of the molecule is Cc1ccc(CCCNC(=O)Nc2ccccc2)cc1. The molecule has 2 aromatic carbocycles. The summed E-state index contributed by atoms with van der Waals surface area (Å²) in [6.45, 7) is 2.76. The van der Waals surface area contributed by atoms with Crippen molar-refractivity contribution in [2.45, 2.75) is 19.8 Å². The number of anilines is 1. The molecular weight excluding hydrogens is 248 g/mol. The summed E-state index contributed by atoms with van der Waals surface area (Å²) in [4.78, 5) is 11.6. The van der Waals surface area contributed by atoms with E-state index in [-0.39, 0.29) is 6.03 Å². The molecule has 0 heterocycles. The van der Waals surface area contributed by atoms with Crippen LogP contribution in [0.5, 0.6) is 0 Å². The van der Waals surface area contributed by atoms with E-state index >= 15 is 0 Å². The summed E-state index contributed by atoms with van der Waals surface area (Å²) in [5, 5.41) is 5.66. The van der Waals surface area contributed by atoms with Crippen LogP contribution in [0.1, 0.15) is 17.5 Å². The van der Waals surface area contributed by atoms with Crippen molar-refractivity contribution in [2.24, 2.45) is 0 Å². The summed E-state index contributed by atoms with van der Waals surface area (Å²) in [6, 6.07) is 17.8. The molecule has 0 bridgehead atoms. The molecule has 0 fully saturated rings. The number of hydrogen-bond acceptors (Lipinski definition) is 1. The maximum atomic E-state index is 11.6. The minimum absolute atomic E-state index is 0.153. The standard InChI is InChI=1S/C17H20N2O/c1-14-9-11-15(12-10-14)6-5-13-18-17(20)19-16-7-3-2-4-8-16/h2-4,7-12H,5-6,13H2,1H3,(H2,18,19,20). The number of hydrogen-bond donors (Lipinski definition) is 2. The van der Waals surface area contributed by atoms with E-state index in [0.717, 1.165) is 18.5 Å². The van der Waals surface area contributed by atoms with Gasteiger partial charge < -0.3 is 10.6 Å². The molecular formula is C17H20N2O. The van der Waals surface area contributed by atoms with Crippen LogP contribution in [0.25, 0.3) is 0 Å². The summed E-state index contributed by atoms with van der Waals surface area (Å²) in [5.74, 6) is 0. The molecule has 2 N–H and O–H groups in total. The average Bonchev–Trinajstić information content (AvgIpc) is 2.46. The molecule has 0 unspecified atom stereocenters. The van der Waals surface area contributed by atoms with E-state index < -0.39 is 0 Å². The predicted octanol–water partition coefficient (Wildman–Crippen LogP) is 3.75. The number of rotatable bonds is 5. The smallest absolute Gasteiger partial charge is 0.319 e. The Bertz CT molecular complexity index is 535.